The summed E-state index contributed by atoms with van der Waals surface area (Å²) in [5.41, 5.74) is 3.27. The van der Waals surface area contributed by atoms with Gasteiger partial charge in [0.15, 0.2) is 0 Å². The largest absolute Gasteiger partial charge is 0.351 e. The minimum Gasteiger partial charge on any atom is -0.351 e. The third-order valence-corrected chi connectivity index (χ3v) is 5.80. The summed E-state index contributed by atoms with van der Waals surface area (Å²) in [7, 11) is 0. The second-order valence-corrected chi connectivity index (χ2v) is 7.75. The minimum atomic E-state index is -0.0493. The summed E-state index contributed by atoms with van der Waals surface area (Å²) >= 11 is 0. The molecule has 1 saturated carbocycles. The molecule has 1 aromatic carbocycles. The number of nitrogens with one attached hydrogen (secondary N) is 1. The van der Waals surface area contributed by atoms with Gasteiger partial charge in [-0.2, -0.15) is 0 Å². The Kier molecular flexibility index (Phi) is 5.24. The molecule has 0 unspecified atom stereocenters. The molecular weight excluding hydrogens is 348 g/mol. The van der Waals surface area contributed by atoms with Crippen molar-refractivity contribution in [2.45, 2.75) is 44.4 Å². The number of hydrogen-bond acceptors (Lipinski definition) is 3. The molecule has 3 aromatic rings. The van der Waals surface area contributed by atoms with Crippen molar-refractivity contribution in [1.82, 2.24) is 19.9 Å². The molecule has 4 rings (SSSR count). The molecule has 0 radical (unpaired) electrons. The first kappa shape index (κ1) is 18.4. The van der Waals surface area contributed by atoms with Gasteiger partial charge in [-0.1, -0.05) is 49.1 Å². The summed E-state index contributed by atoms with van der Waals surface area (Å²) in [6.07, 6.45) is 12.9. The van der Waals surface area contributed by atoms with E-state index < -0.39 is 0 Å². The fraction of sp³-hybridized carbons (Fsp3) is 0.348. The Hall–Kier alpha value is -2.95. The van der Waals surface area contributed by atoms with Crippen LogP contribution in [0, 0.1) is 6.92 Å². The Balaban J connectivity index is 1.49. The molecular formula is C23H26N4O. The van der Waals surface area contributed by atoms with Gasteiger partial charge in [0.1, 0.15) is 0 Å². The Labute approximate surface area is 165 Å². The molecule has 1 aliphatic carbocycles. The number of nitrogens with zero attached hydrogens (tertiary/aromatic N) is 3. The number of rotatable bonds is 5. The summed E-state index contributed by atoms with van der Waals surface area (Å²) in [5, 5.41) is 3.19. The molecule has 28 heavy (non-hydrogen) atoms. The van der Waals surface area contributed by atoms with Gasteiger partial charge in [-0.25, -0.2) is 9.97 Å². The Bertz CT molecular complexity index is 925. The van der Waals surface area contributed by atoms with Crippen molar-refractivity contribution < 1.29 is 4.79 Å². The first-order valence-electron chi connectivity index (χ1n) is 9.97. The van der Waals surface area contributed by atoms with Crippen molar-refractivity contribution in [3.05, 3.63) is 77.9 Å². The van der Waals surface area contributed by atoms with Gasteiger partial charge in [0.2, 0.25) is 5.95 Å². The van der Waals surface area contributed by atoms with Crippen LogP contribution in [0.3, 0.4) is 0 Å². The predicted molar refractivity (Wildman–Crippen MR) is 110 cm³/mol. The minimum absolute atomic E-state index is 0.0344. The van der Waals surface area contributed by atoms with E-state index in [4.69, 9.17) is 0 Å². The molecule has 1 N–H and O–H groups in total. The fourth-order valence-corrected chi connectivity index (χ4v) is 4.13. The van der Waals surface area contributed by atoms with Crippen LogP contribution in [-0.4, -0.2) is 27.0 Å². The topological polar surface area (TPSA) is 59.8 Å². The number of hydrogen-bond donors (Lipinski definition) is 1. The number of carbonyl (C=O) groups is 1. The first-order valence-corrected chi connectivity index (χ1v) is 9.97. The zero-order valence-electron chi connectivity index (χ0n) is 16.3. The van der Waals surface area contributed by atoms with Crippen LogP contribution in [-0.2, 0) is 5.41 Å². The maximum atomic E-state index is 12.8. The van der Waals surface area contributed by atoms with Gasteiger partial charge in [0.05, 0.1) is 5.56 Å². The van der Waals surface area contributed by atoms with E-state index in [1.165, 1.54) is 30.4 Å². The van der Waals surface area contributed by atoms with E-state index in [2.05, 4.69) is 46.5 Å². The van der Waals surface area contributed by atoms with Crippen LogP contribution in [0.5, 0.6) is 0 Å². The monoisotopic (exact) mass is 374 g/mol. The number of benzene rings is 1. The molecule has 0 spiro atoms. The van der Waals surface area contributed by atoms with Crippen molar-refractivity contribution >= 4 is 5.91 Å². The lowest BCUT2D eigenvalue weighted by molar-refractivity contribution is 0.0936. The van der Waals surface area contributed by atoms with Crippen LogP contribution in [0.4, 0.5) is 0 Å². The second-order valence-electron chi connectivity index (χ2n) is 7.75. The molecule has 1 aliphatic rings. The maximum Gasteiger partial charge on any atom is 0.252 e. The van der Waals surface area contributed by atoms with Crippen LogP contribution in [0.1, 0.15) is 53.6 Å². The average molecular weight is 374 g/mol. The number of aryl methyl sites for hydroxylation is 1. The number of aromatic nitrogens is 3. The van der Waals surface area contributed by atoms with Gasteiger partial charge in [0, 0.05) is 36.7 Å². The van der Waals surface area contributed by atoms with Gasteiger partial charge in [-0.15, -0.1) is 0 Å². The quantitative estimate of drug-likeness (QED) is 0.728. The van der Waals surface area contributed by atoms with E-state index >= 15 is 0 Å². The lowest BCUT2D eigenvalue weighted by Gasteiger charge is -2.38. The number of amides is 1. The normalized spacial score (nSPS) is 15.9. The molecule has 2 aromatic heterocycles. The molecule has 1 amide bonds. The SMILES string of the molecule is Cc1ccc(C2(CNC(=O)c3ccn(-c4ncccn4)c3)CCCCC2)cc1. The third kappa shape index (κ3) is 3.84. The van der Waals surface area contributed by atoms with E-state index in [1.807, 2.05) is 12.3 Å². The molecule has 0 saturated heterocycles. The fourth-order valence-electron chi connectivity index (χ4n) is 4.13. The highest BCUT2D eigenvalue weighted by molar-refractivity contribution is 5.94. The predicted octanol–water partition coefficient (Wildman–Crippen LogP) is 4.21. The Morgan fingerprint density at radius 1 is 1.07 bits per heavy atom. The van der Waals surface area contributed by atoms with Gasteiger partial charge >= 0.3 is 0 Å². The first-order chi connectivity index (χ1) is 13.7. The summed E-state index contributed by atoms with van der Waals surface area (Å²) in [6.45, 7) is 2.78. The zero-order valence-corrected chi connectivity index (χ0v) is 16.3. The van der Waals surface area contributed by atoms with Gasteiger partial charge < -0.3 is 5.32 Å². The summed E-state index contributed by atoms with van der Waals surface area (Å²) in [4.78, 5) is 21.2. The summed E-state index contributed by atoms with van der Waals surface area (Å²) < 4.78 is 1.77. The van der Waals surface area contributed by atoms with Crippen LogP contribution < -0.4 is 5.32 Å². The Morgan fingerprint density at radius 2 is 1.79 bits per heavy atom. The van der Waals surface area contributed by atoms with Crippen LogP contribution in [0.25, 0.3) is 5.95 Å². The summed E-state index contributed by atoms with van der Waals surface area (Å²) in [5.74, 6) is 0.511. The van der Waals surface area contributed by atoms with E-state index in [-0.39, 0.29) is 11.3 Å². The van der Waals surface area contributed by atoms with Gasteiger partial charge in [0.25, 0.3) is 5.91 Å². The van der Waals surface area contributed by atoms with E-state index in [9.17, 15) is 4.79 Å². The van der Waals surface area contributed by atoms with E-state index in [0.29, 0.717) is 18.1 Å². The molecule has 144 valence electrons. The van der Waals surface area contributed by atoms with Crippen molar-refractivity contribution in [3.8, 4) is 5.95 Å². The zero-order chi connectivity index (χ0) is 19.4. The highest BCUT2D eigenvalue weighted by atomic mass is 16.1. The lowest BCUT2D eigenvalue weighted by Crippen LogP contribution is -2.42. The molecule has 2 heterocycles. The molecule has 5 heteroatoms. The standard InChI is InChI=1S/C23H26N4O/c1-18-6-8-20(9-7-18)23(11-3-2-4-12-23)17-26-21(28)19-10-15-27(16-19)22-24-13-5-14-25-22/h5-10,13-16H,2-4,11-12,17H2,1H3,(H,26,28). The van der Waals surface area contributed by atoms with E-state index in [1.54, 1.807) is 29.2 Å². The van der Waals surface area contributed by atoms with Crippen LogP contribution in [0.15, 0.2) is 61.2 Å². The van der Waals surface area contributed by atoms with E-state index in [0.717, 1.165) is 12.8 Å². The molecule has 0 atom stereocenters. The highest BCUT2D eigenvalue weighted by Gasteiger charge is 2.34. The second kappa shape index (κ2) is 7.97. The van der Waals surface area contributed by atoms with Gasteiger partial charge in [-0.05, 0) is 37.5 Å². The van der Waals surface area contributed by atoms with Crippen molar-refractivity contribution in [2.24, 2.45) is 0 Å². The van der Waals surface area contributed by atoms with Crippen molar-refractivity contribution in [1.29, 1.82) is 0 Å². The summed E-state index contributed by atoms with van der Waals surface area (Å²) in [6, 6.07) is 12.4. The highest BCUT2D eigenvalue weighted by Crippen LogP contribution is 2.39. The van der Waals surface area contributed by atoms with Crippen molar-refractivity contribution in [2.75, 3.05) is 6.54 Å². The average Bonchev–Trinajstić information content (AvgIpc) is 3.24. The van der Waals surface area contributed by atoms with Crippen molar-refractivity contribution in [3.63, 3.8) is 0 Å². The smallest absolute Gasteiger partial charge is 0.252 e. The molecule has 0 bridgehead atoms. The lowest BCUT2D eigenvalue weighted by atomic mass is 9.69. The molecule has 1 fully saturated rings. The van der Waals surface area contributed by atoms with Crippen LogP contribution >= 0.6 is 0 Å². The van der Waals surface area contributed by atoms with Crippen LogP contribution in [0.2, 0.25) is 0 Å². The van der Waals surface area contributed by atoms with Gasteiger partial charge in [-0.3, -0.25) is 9.36 Å². The Morgan fingerprint density at radius 3 is 2.50 bits per heavy atom. The third-order valence-electron chi connectivity index (χ3n) is 5.80. The molecule has 0 aliphatic heterocycles. The maximum absolute atomic E-state index is 12.8. The number of carbonyl (C=O) groups excluding carboxylic acids is 1. The molecule has 5 nitrogen and oxygen atoms in total.